The highest BCUT2D eigenvalue weighted by Gasteiger charge is 2.48. The Labute approximate surface area is 422 Å². The third-order valence-electron chi connectivity index (χ3n) is 10.1. The van der Waals surface area contributed by atoms with Gasteiger partial charge in [-0.15, -0.1) is 0 Å². The summed E-state index contributed by atoms with van der Waals surface area (Å²) in [5, 5.41) is 2.48. The zero-order chi connectivity index (χ0) is 48.6. The van der Waals surface area contributed by atoms with Crippen LogP contribution in [0.25, 0.3) is 28.5 Å². The number of H-pyrrole nitrogens is 1. The van der Waals surface area contributed by atoms with Crippen LogP contribution in [0.2, 0.25) is 10.0 Å². The summed E-state index contributed by atoms with van der Waals surface area (Å²) in [5.74, 6) is 1.57. The summed E-state index contributed by atoms with van der Waals surface area (Å²) in [7, 11) is 0.156. The molecule has 4 aromatic carbocycles. The molecule has 0 spiro atoms. The molecule has 0 radical (unpaired) electrons. The molecular weight excluding hydrogens is 967 g/mol. The first-order valence-corrected chi connectivity index (χ1v) is 24.6. The highest BCUT2D eigenvalue weighted by Crippen LogP contribution is 2.46. The van der Waals surface area contributed by atoms with Crippen molar-refractivity contribution < 1.29 is 27.3 Å². The lowest BCUT2D eigenvalue weighted by atomic mass is 10.1. The SMILES string of the molecule is C/C=C/c1ccccc1.CC.COc1ccc(C2=C/C(=C(\O/C=C(/C)C(C)C)c3cc(-c4ccc(OC)cc4)c(Sc4c(Cl)cccc4Cl)[nH]3)[N+](B(F)F)=C2SC2=C(Cl)C=CCC=C2Cl)cc1. The lowest BCUT2D eigenvalue weighted by Crippen LogP contribution is -2.25. The minimum atomic E-state index is -3.01. The van der Waals surface area contributed by atoms with E-state index >= 15 is 8.63 Å². The molecule has 1 aliphatic carbocycles. The summed E-state index contributed by atoms with van der Waals surface area (Å²) in [5.41, 5.74) is 5.47. The minimum Gasteiger partial charge on any atom is -0.497 e. The molecule has 5 aromatic rings. The van der Waals surface area contributed by atoms with Crippen LogP contribution in [0.4, 0.5) is 8.63 Å². The number of rotatable bonds is 13. The predicted molar refractivity (Wildman–Crippen MR) is 285 cm³/mol. The minimum absolute atomic E-state index is 0.108. The average Bonchev–Trinajstić information content (AvgIpc) is 3.89. The molecule has 67 heavy (non-hydrogen) atoms. The average molecular weight is 1020 g/mol. The van der Waals surface area contributed by atoms with Crippen molar-refractivity contribution in [3.05, 3.63) is 193 Å². The van der Waals surface area contributed by atoms with Gasteiger partial charge in [-0.2, -0.15) is 0 Å². The zero-order valence-electron chi connectivity index (χ0n) is 38.5. The second-order valence-corrected chi connectivity index (χ2v) is 18.4. The number of hydrogen-bond acceptors (Lipinski definition) is 5. The fourth-order valence-electron chi connectivity index (χ4n) is 6.39. The van der Waals surface area contributed by atoms with Crippen molar-refractivity contribution in [3.8, 4) is 22.6 Å². The van der Waals surface area contributed by atoms with Gasteiger partial charge in [0.15, 0.2) is 0 Å². The summed E-state index contributed by atoms with van der Waals surface area (Å²) in [6.45, 7) is 12.0. The molecule has 0 saturated carbocycles. The lowest BCUT2D eigenvalue weighted by molar-refractivity contribution is -0.339. The molecule has 14 heteroatoms. The number of aromatic nitrogens is 1. The maximum absolute atomic E-state index is 15.8. The number of allylic oxidation sites excluding steroid dienone is 8. The van der Waals surface area contributed by atoms with Gasteiger partial charge in [-0.3, -0.25) is 0 Å². The highest BCUT2D eigenvalue weighted by atomic mass is 35.5. The molecule has 1 N–H and O–H groups in total. The number of thioether (sulfide) groups is 1. The van der Waals surface area contributed by atoms with Gasteiger partial charge >= 0.3 is 7.40 Å². The molecule has 0 bridgehead atoms. The number of nitrogens with zero attached hydrogens (tertiary/aromatic N) is 1. The first kappa shape index (κ1) is 53.2. The molecule has 0 saturated heterocycles. The van der Waals surface area contributed by atoms with Crippen LogP contribution in [-0.2, 0) is 4.74 Å². The molecule has 0 unspecified atom stereocenters. The fourth-order valence-corrected chi connectivity index (χ4v) is 9.77. The maximum atomic E-state index is 15.8. The second kappa shape index (κ2) is 26.1. The summed E-state index contributed by atoms with van der Waals surface area (Å²) in [4.78, 5) is 4.56. The van der Waals surface area contributed by atoms with Crippen molar-refractivity contribution >= 4 is 99.8 Å². The van der Waals surface area contributed by atoms with Gasteiger partial charge in [0.2, 0.25) is 16.5 Å². The van der Waals surface area contributed by atoms with Crippen molar-refractivity contribution in [3.63, 3.8) is 0 Å². The van der Waals surface area contributed by atoms with E-state index in [-0.39, 0.29) is 22.4 Å². The third-order valence-corrected chi connectivity index (χ3v) is 14.3. The molecule has 348 valence electrons. The number of methoxy groups -OCH3 is 2. The standard InChI is InChI=1S/C42H35BCl4F2N2O3S2.C9H10.C2H6/c1-24(2)25(3)23-54-38(36-21-30(26-13-17-28(52-4)18-14-26)41(50-36)55-39-34(46)11-8-12-35(39)47)37-22-31(27-15-19-29(53-5)20-16-27)42(51(37)43(48)49)56-40-32(44)9-6-7-10-33(40)45;1-2-6-9-7-4-3-5-8-9;1-2/h6,8-24H,7H2,1-5H3;2-8H,1H3;1-2H3/p+1/b25-23-;6-2+;. The van der Waals surface area contributed by atoms with Crippen molar-refractivity contribution in [2.75, 3.05) is 14.2 Å². The summed E-state index contributed by atoms with van der Waals surface area (Å²) >= 11 is 29.2. The Morgan fingerprint density at radius 1 is 0.821 bits per heavy atom. The van der Waals surface area contributed by atoms with Gasteiger partial charge in [0.1, 0.15) is 11.5 Å². The number of benzene rings is 4. The van der Waals surface area contributed by atoms with E-state index < -0.39 is 7.40 Å². The van der Waals surface area contributed by atoms with Crippen molar-refractivity contribution in [1.82, 2.24) is 4.98 Å². The molecule has 2 heterocycles. The van der Waals surface area contributed by atoms with Crippen LogP contribution < -0.4 is 9.47 Å². The van der Waals surface area contributed by atoms with E-state index in [1.807, 2.05) is 114 Å². The first-order chi connectivity index (χ1) is 32.3. The molecule has 1 aliphatic heterocycles. The van der Waals surface area contributed by atoms with Crippen LogP contribution in [-0.4, -0.2) is 36.1 Å². The summed E-state index contributed by atoms with van der Waals surface area (Å²) in [6.07, 6.45) is 13.4. The van der Waals surface area contributed by atoms with Crippen LogP contribution in [0.5, 0.6) is 11.5 Å². The molecule has 0 amide bonds. The number of hydrogen-bond donors (Lipinski definition) is 1. The molecule has 2 aliphatic rings. The second-order valence-electron chi connectivity index (χ2n) is 14.8. The molecular formula is C53H52BCl4F2N2O3S2+. The Morgan fingerprint density at radius 2 is 1.43 bits per heavy atom. The molecule has 1 aromatic heterocycles. The highest BCUT2D eigenvalue weighted by molar-refractivity contribution is 8.18. The Kier molecular flexibility index (Phi) is 20.7. The van der Waals surface area contributed by atoms with E-state index in [0.29, 0.717) is 69.7 Å². The van der Waals surface area contributed by atoms with Crippen LogP contribution in [0.1, 0.15) is 64.8 Å². The Hall–Kier alpha value is -4.81. The van der Waals surface area contributed by atoms with Crippen molar-refractivity contribution in [2.24, 2.45) is 5.92 Å². The van der Waals surface area contributed by atoms with E-state index in [9.17, 15) is 0 Å². The van der Waals surface area contributed by atoms with E-state index in [1.54, 1.807) is 69.0 Å². The zero-order valence-corrected chi connectivity index (χ0v) is 43.1. The molecule has 0 fully saturated rings. The summed E-state index contributed by atoms with van der Waals surface area (Å²) in [6, 6.07) is 32.2. The monoisotopic (exact) mass is 1020 g/mol. The van der Waals surface area contributed by atoms with E-state index in [2.05, 4.69) is 23.2 Å². The van der Waals surface area contributed by atoms with Gasteiger partial charge in [0, 0.05) is 11.6 Å². The lowest BCUT2D eigenvalue weighted by Gasteiger charge is -2.11. The first-order valence-electron chi connectivity index (χ1n) is 21.5. The summed E-state index contributed by atoms with van der Waals surface area (Å²) < 4.78 is 50.0. The van der Waals surface area contributed by atoms with Crippen molar-refractivity contribution in [2.45, 2.75) is 57.9 Å². The molecule has 5 nitrogen and oxygen atoms in total. The van der Waals surface area contributed by atoms with Gasteiger partial charge < -0.3 is 19.2 Å². The normalized spacial score (nSPS) is 14.5. The Morgan fingerprint density at radius 3 is 2.00 bits per heavy atom. The van der Waals surface area contributed by atoms with Crippen LogP contribution in [0, 0.1) is 5.92 Å². The topological polar surface area (TPSA) is 46.5 Å². The molecule has 7 rings (SSSR count). The van der Waals surface area contributed by atoms with Crippen LogP contribution in [0.15, 0.2) is 176 Å². The van der Waals surface area contributed by atoms with Gasteiger partial charge in [-0.25, -0.2) is 13.1 Å². The van der Waals surface area contributed by atoms with Gasteiger partial charge in [-0.05, 0) is 109 Å². The quantitative estimate of drug-likeness (QED) is 0.0941. The van der Waals surface area contributed by atoms with Crippen molar-refractivity contribution in [1.29, 1.82) is 0 Å². The number of nitrogens with one attached hydrogen (secondary N) is 1. The van der Waals surface area contributed by atoms with E-state index in [0.717, 1.165) is 32.9 Å². The van der Waals surface area contributed by atoms with Gasteiger partial charge in [0.05, 0.1) is 66.7 Å². The maximum Gasteiger partial charge on any atom is 0.935 e. The smallest absolute Gasteiger partial charge is 0.497 e. The van der Waals surface area contributed by atoms with Gasteiger partial charge in [0.25, 0.3) is 0 Å². The number of halogens is 6. The third kappa shape index (κ3) is 13.9. The van der Waals surface area contributed by atoms with Crippen LogP contribution >= 0.6 is 69.9 Å². The predicted octanol–water partition coefficient (Wildman–Crippen LogP) is 17.8. The largest absolute Gasteiger partial charge is 0.935 e. The van der Waals surface area contributed by atoms with Crippen LogP contribution in [0.3, 0.4) is 0 Å². The Balaban J connectivity index is 0.000000676. The molecule has 0 atom stereocenters. The fraction of sp³-hybridized carbons (Fsp3) is 0.189. The number of ether oxygens (including phenoxy) is 3. The van der Waals surface area contributed by atoms with E-state index in [4.69, 9.17) is 60.6 Å². The van der Waals surface area contributed by atoms with E-state index in [1.165, 1.54) is 17.3 Å². The Bertz CT molecular complexity index is 2720. The number of aromatic amines is 1. The van der Waals surface area contributed by atoms with Gasteiger partial charge in [-0.1, -0.05) is 171 Å².